The Labute approximate surface area is 176 Å². The van der Waals surface area contributed by atoms with Gasteiger partial charge in [0.15, 0.2) is 0 Å². The minimum Gasteiger partial charge on any atom is -0.508 e. The minimum absolute atomic E-state index is 0.227. The maximum absolute atomic E-state index is 13.8. The van der Waals surface area contributed by atoms with Crippen LogP contribution in [0.25, 0.3) is 11.8 Å². The van der Waals surface area contributed by atoms with Gasteiger partial charge in [-0.3, -0.25) is 5.32 Å². The van der Waals surface area contributed by atoms with E-state index in [2.05, 4.69) is 10.4 Å². The normalized spacial score (nSPS) is 12.5. The molecule has 0 spiro atoms. The molecule has 3 aromatic rings. The Hall–Kier alpha value is -2.96. The maximum Gasteiger partial charge on any atom is 0.125 e. The van der Waals surface area contributed by atoms with E-state index in [1.807, 2.05) is 50.4 Å². The first-order valence-corrected chi connectivity index (χ1v) is 10.1. The second-order valence-corrected chi connectivity index (χ2v) is 7.43. The van der Waals surface area contributed by atoms with Crippen LogP contribution in [-0.4, -0.2) is 26.2 Å². The number of aromatic nitrogens is 2. The van der Waals surface area contributed by atoms with Gasteiger partial charge in [0.05, 0.1) is 11.4 Å². The maximum atomic E-state index is 13.8. The Morgan fingerprint density at radius 2 is 1.97 bits per heavy atom. The summed E-state index contributed by atoms with van der Waals surface area (Å²) < 4.78 is 15.5. The van der Waals surface area contributed by atoms with E-state index >= 15 is 0 Å². The Kier molecular flexibility index (Phi) is 7.38. The van der Waals surface area contributed by atoms with Gasteiger partial charge in [-0.1, -0.05) is 18.2 Å². The number of halogens is 1. The van der Waals surface area contributed by atoms with E-state index in [-0.39, 0.29) is 11.6 Å². The molecule has 1 unspecified atom stereocenters. The number of benzene rings is 2. The fourth-order valence-electron chi connectivity index (χ4n) is 3.33. The number of rotatable bonds is 9. The molecule has 0 radical (unpaired) electrons. The molecule has 0 saturated heterocycles. The van der Waals surface area contributed by atoms with Crippen LogP contribution in [0.2, 0.25) is 0 Å². The van der Waals surface area contributed by atoms with Gasteiger partial charge in [-0.25, -0.2) is 9.07 Å². The van der Waals surface area contributed by atoms with Crippen LogP contribution in [0.1, 0.15) is 42.1 Å². The summed E-state index contributed by atoms with van der Waals surface area (Å²) in [4.78, 5) is 0. The summed E-state index contributed by atoms with van der Waals surface area (Å²) in [6, 6.07) is 11.8. The third-order valence-corrected chi connectivity index (χ3v) is 4.84. The van der Waals surface area contributed by atoms with Crippen molar-refractivity contribution in [1.82, 2.24) is 15.1 Å². The summed E-state index contributed by atoms with van der Waals surface area (Å²) in [5.41, 5.74) is 4.44. The molecule has 1 atom stereocenters. The lowest BCUT2D eigenvalue weighted by Crippen LogP contribution is -2.28. The average Bonchev–Trinajstić information content (AvgIpc) is 3.10. The van der Waals surface area contributed by atoms with E-state index < -0.39 is 6.23 Å². The molecule has 1 aromatic heterocycles. The lowest BCUT2D eigenvalue weighted by atomic mass is 10.1. The lowest BCUT2D eigenvalue weighted by molar-refractivity contribution is 0.123. The smallest absolute Gasteiger partial charge is 0.125 e. The standard InChI is InChI=1S/C24H28FN3O2/c1-3-5-23-19(16-28(27-23)21-13-17(2)12-20(25)14-21)6-4-7-24(30)26-15-18-8-10-22(29)11-9-18/h3,5,8-14,16,24,26,29-30H,4,6-7,15H2,1-2H3/b5-3+. The molecule has 0 aliphatic heterocycles. The number of nitrogens with zero attached hydrogens (tertiary/aromatic N) is 2. The highest BCUT2D eigenvalue weighted by molar-refractivity contribution is 5.50. The molecule has 5 nitrogen and oxygen atoms in total. The SMILES string of the molecule is C/C=C/c1nn(-c2cc(C)cc(F)c2)cc1CCCC(O)NCc1ccc(O)cc1. The highest BCUT2D eigenvalue weighted by Crippen LogP contribution is 2.19. The zero-order chi connectivity index (χ0) is 21.5. The molecular weight excluding hydrogens is 381 g/mol. The van der Waals surface area contributed by atoms with Crippen molar-refractivity contribution in [2.75, 3.05) is 0 Å². The Morgan fingerprint density at radius 3 is 2.67 bits per heavy atom. The quantitative estimate of drug-likeness (QED) is 0.456. The van der Waals surface area contributed by atoms with Crippen LogP contribution in [0.15, 0.2) is 54.7 Å². The monoisotopic (exact) mass is 409 g/mol. The van der Waals surface area contributed by atoms with Crippen molar-refractivity contribution in [2.45, 2.75) is 45.9 Å². The molecule has 2 aromatic carbocycles. The summed E-state index contributed by atoms with van der Waals surface area (Å²) in [5, 5.41) is 27.2. The molecule has 3 N–H and O–H groups in total. The van der Waals surface area contributed by atoms with Gasteiger partial charge in [-0.05, 0) is 86.2 Å². The molecule has 30 heavy (non-hydrogen) atoms. The number of aliphatic hydroxyl groups is 1. The summed E-state index contributed by atoms with van der Waals surface area (Å²) in [5.74, 6) is -0.0531. The molecule has 0 aliphatic carbocycles. The fraction of sp³-hybridized carbons (Fsp3) is 0.292. The topological polar surface area (TPSA) is 70.3 Å². The van der Waals surface area contributed by atoms with Crippen molar-refractivity contribution in [2.24, 2.45) is 0 Å². The molecule has 6 heteroatoms. The molecular formula is C24H28FN3O2. The average molecular weight is 410 g/mol. The highest BCUT2D eigenvalue weighted by Gasteiger charge is 2.11. The number of phenols is 1. The Morgan fingerprint density at radius 1 is 1.20 bits per heavy atom. The van der Waals surface area contributed by atoms with Gasteiger partial charge < -0.3 is 10.2 Å². The molecule has 0 saturated carbocycles. The van der Waals surface area contributed by atoms with E-state index in [0.717, 1.165) is 35.2 Å². The first-order valence-electron chi connectivity index (χ1n) is 10.1. The van der Waals surface area contributed by atoms with E-state index in [9.17, 15) is 14.6 Å². The summed E-state index contributed by atoms with van der Waals surface area (Å²) >= 11 is 0. The van der Waals surface area contributed by atoms with Crippen molar-refractivity contribution in [3.8, 4) is 11.4 Å². The molecule has 1 heterocycles. The third-order valence-electron chi connectivity index (χ3n) is 4.84. The van der Waals surface area contributed by atoms with Crippen molar-refractivity contribution < 1.29 is 14.6 Å². The van der Waals surface area contributed by atoms with Gasteiger partial charge in [0, 0.05) is 12.7 Å². The van der Waals surface area contributed by atoms with Crippen molar-refractivity contribution in [3.63, 3.8) is 0 Å². The number of hydrogen-bond donors (Lipinski definition) is 3. The van der Waals surface area contributed by atoms with E-state index in [4.69, 9.17) is 0 Å². The van der Waals surface area contributed by atoms with Crippen LogP contribution < -0.4 is 5.32 Å². The first-order chi connectivity index (χ1) is 14.4. The molecule has 3 rings (SSSR count). The fourth-order valence-corrected chi connectivity index (χ4v) is 3.33. The largest absolute Gasteiger partial charge is 0.508 e. The van der Waals surface area contributed by atoms with Gasteiger partial charge in [0.25, 0.3) is 0 Å². The molecule has 158 valence electrons. The van der Waals surface area contributed by atoms with Crippen LogP contribution in [0.3, 0.4) is 0 Å². The van der Waals surface area contributed by atoms with Gasteiger partial charge in [0.1, 0.15) is 17.8 Å². The number of allylic oxidation sites excluding steroid dienone is 1. The Bertz CT molecular complexity index is 976. The number of aromatic hydroxyl groups is 1. The van der Waals surface area contributed by atoms with Crippen molar-refractivity contribution in [3.05, 3.63) is 82.9 Å². The number of nitrogens with one attached hydrogen (secondary N) is 1. The van der Waals surface area contributed by atoms with Crippen LogP contribution in [0.5, 0.6) is 5.75 Å². The predicted molar refractivity (Wildman–Crippen MR) is 117 cm³/mol. The van der Waals surface area contributed by atoms with Gasteiger partial charge >= 0.3 is 0 Å². The second-order valence-electron chi connectivity index (χ2n) is 7.43. The minimum atomic E-state index is -0.620. The number of aryl methyl sites for hydroxylation is 2. The summed E-state index contributed by atoms with van der Waals surface area (Å²) in [6.45, 7) is 4.32. The second kappa shape index (κ2) is 10.2. The Balaban J connectivity index is 1.58. The molecule has 0 aliphatic rings. The number of hydrogen-bond acceptors (Lipinski definition) is 4. The van der Waals surface area contributed by atoms with Gasteiger partial charge in [-0.2, -0.15) is 5.10 Å². The number of phenolic OH excluding ortho intramolecular Hbond substituents is 1. The summed E-state index contributed by atoms with van der Waals surface area (Å²) in [7, 11) is 0. The molecule has 0 fully saturated rings. The van der Waals surface area contributed by atoms with E-state index in [1.54, 1.807) is 16.8 Å². The van der Waals surface area contributed by atoms with Crippen LogP contribution in [-0.2, 0) is 13.0 Å². The van der Waals surface area contributed by atoms with Gasteiger partial charge in [-0.15, -0.1) is 0 Å². The van der Waals surface area contributed by atoms with Crippen LogP contribution in [0.4, 0.5) is 4.39 Å². The van der Waals surface area contributed by atoms with Gasteiger partial charge in [0.2, 0.25) is 0 Å². The summed E-state index contributed by atoms with van der Waals surface area (Å²) in [6.07, 6.45) is 7.31. The lowest BCUT2D eigenvalue weighted by Gasteiger charge is -2.12. The first kappa shape index (κ1) is 21.7. The zero-order valence-corrected chi connectivity index (χ0v) is 17.3. The van der Waals surface area contributed by atoms with Crippen LogP contribution in [0, 0.1) is 12.7 Å². The molecule has 0 bridgehead atoms. The predicted octanol–water partition coefficient (Wildman–Crippen LogP) is 4.49. The zero-order valence-electron chi connectivity index (χ0n) is 17.3. The highest BCUT2D eigenvalue weighted by atomic mass is 19.1. The van der Waals surface area contributed by atoms with Crippen molar-refractivity contribution >= 4 is 6.08 Å². The molecule has 0 amide bonds. The van der Waals surface area contributed by atoms with E-state index in [1.165, 1.54) is 12.1 Å². The third kappa shape index (κ3) is 6.02. The van der Waals surface area contributed by atoms with Crippen LogP contribution >= 0.6 is 0 Å². The number of aliphatic hydroxyl groups excluding tert-OH is 1. The van der Waals surface area contributed by atoms with Crippen molar-refractivity contribution in [1.29, 1.82) is 0 Å². The van der Waals surface area contributed by atoms with E-state index in [0.29, 0.717) is 18.7 Å².